The van der Waals surface area contributed by atoms with Crippen LogP contribution in [0, 0.1) is 16.7 Å². The highest BCUT2D eigenvalue weighted by Crippen LogP contribution is 2.64. The molecule has 3 aromatic rings. The Hall–Kier alpha value is -3.10. The number of aromatic nitrogens is 1. The molecular weight excluding hydrogens is 450 g/mol. The van der Waals surface area contributed by atoms with Gasteiger partial charge in [-0.3, -0.25) is 9.35 Å². The van der Waals surface area contributed by atoms with E-state index in [0.29, 0.717) is 40.7 Å². The van der Waals surface area contributed by atoms with Crippen LogP contribution in [0.3, 0.4) is 0 Å². The van der Waals surface area contributed by atoms with E-state index < -0.39 is 15.5 Å². The van der Waals surface area contributed by atoms with Crippen LogP contribution in [0.5, 0.6) is 0 Å². The Bertz CT molecular complexity index is 1420. The summed E-state index contributed by atoms with van der Waals surface area (Å²) in [6.45, 7) is 4.06. The van der Waals surface area contributed by atoms with E-state index >= 15 is 0 Å². The van der Waals surface area contributed by atoms with Crippen LogP contribution in [0.1, 0.15) is 43.5 Å². The first-order valence-electron chi connectivity index (χ1n) is 11.4. The first-order chi connectivity index (χ1) is 16.1. The highest BCUT2D eigenvalue weighted by molar-refractivity contribution is 7.85. The summed E-state index contributed by atoms with van der Waals surface area (Å²) < 4.78 is 33.5. The summed E-state index contributed by atoms with van der Waals surface area (Å²) in [5.74, 6) is -0.503. The van der Waals surface area contributed by atoms with E-state index in [1.807, 2.05) is 68.4 Å². The van der Waals surface area contributed by atoms with Crippen molar-refractivity contribution in [2.75, 3.05) is 5.75 Å². The van der Waals surface area contributed by atoms with Crippen molar-refractivity contribution < 1.29 is 17.8 Å². The Morgan fingerprint density at radius 2 is 1.85 bits per heavy atom. The molecule has 176 valence electrons. The minimum absolute atomic E-state index is 0.261. The molecule has 0 radical (unpaired) electrons. The molecule has 34 heavy (non-hydrogen) atoms. The maximum absolute atomic E-state index is 13.3. The summed E-state index contributed by atoms with van der Waals surface area (Å²) in [5.41, 5.74) is 4.93. The number of hydrogen-bond acceptors (Lipinski definition) is 5. The fourth-order valence-corrected chi connectivity index (χ4v) is 7.21. The van der Waals surface area contributed by atoms with E-state index in [4.69, 9.17) is 4.98 Å². The predicted molar refractivity (Wildman–Crippen MR) is 132 cm³/mol. The largest absolute Gasteiger partial charge is 0.286 e. The van der Waals surface area contributed by atoms with Gasteiger partial charge in [0, 0.05) is 22.1 Å². The summed E-state index contributed by atoms with van der Waals surface area (Å²) in [6, 6.07) is 18.8. The average Bonchev–Trinajstić information content (AvgIpc) is 3.16. The number of benzene rings is 2. The second kappa shape index (κ2) is 7.99. The Kier molecular flexibility index (Phi) is 5.33. The SMILES string of the molecule is CC1(C)[C@@H]2CC[C@]1(CS(=O)(=O)O)/C(=N/NC(=O)c1cc(-c3ccccc3)nc3ccccc13)C2. The van der Waals surface area contributed by atoms with Crippen molar-refractivity contribution in [1.29, 1.82) is 0 Å². The lowest BCUT2D eigenvalue weighted by Gasteiger charge is -2.37. The standard InChI is InChI=1S/C26H27N3O4S/c1-25(2)18-12-13-26(25,16-34(31,32)33)23(14-18)28-29-24(30)20-15-22(17-8-4-3-5-9-17)27-21-11-7-6-10-19(20)21/h3-11,15,18H,12-14,16H2,1-2H3,(H,29,30)(H,31,32,33)/b28-23+/t18-,26+/m1/s1. The van der Waals surface area contributed by atoms with Gasteiger partial charge < -0.3 is 0 Å². The number of rotatable bonds is 5. The first-order valence-corrected chi connectivity index (χ1v) is 13.0. The van der Waals surface area contributed by atoms with Gasteiger partial charge in [-0.25, -0.2) is 10.4 Å². The van der Waals surface area contributed by atoms with E-state index in [1.54, 1.807) is 6.07 Å². The van der Waals surface area contributed by atoms with Crippen LogP contribution in [0.15, 0.2) is 65.8 Å². The smallest absolute Gasteiger partial charge is 0.272 e. The maximum Gasteiger partial charge on any atom is 0.272 e. The van der Waals surface area contributed by atoms with Crippen LogP contribution in [0.4, 0.5) is 0 Å². The van der Waals surface area contributed by atoms with Crippen molar-refractivity contribution in [3.8, 4) is 11.3 Å². The zero-order valence-electron chi connectivity index (χ0n) is 19.2. The summed E-state index contributed by atoms with van der Waals surface area (Å²) in [6.07, 6.45) is 2.11. The highest BCUT2D eigenvalue weighted by atomic mass is 32.2. The average molecular weight is 478 g/mol. The molecular formula is C26H27N3O4S. The molecule has 0 aliphatic heterocycles. The summed E-state index contributed by atoms with van der Waals surface area (Å²) in [5, 5.41) is 5.17. The van der Waals surface area contributed by atoms with Crippen LogP contribution in [-0.2, 0) is 10.1 Å². The molecule has 2 aromatic carbocycles. The maximum atomic E-state index is 13.3. The van der Waals surface area contributed by atoms with Gasteiger partial charge in [0.25, 0.3) is 16.0 Å². The predicted octanol–water partition coefficient (Wildman–Crippen LogP) is 4.70. The molecule has 2 fully saturated rings. The van der Waals surface area contributed by atoms with Crippen LogP contribution >= 0.6 is 0 Å². The van der Waals surface area contributed by atoms with Crippen molar-refractivity contribution in [3.63, 3.8) is 0 Å². The second-order valence-electron chi connectivity index (χ2n) is 9.91. The third-order valence-electron chi connectivity index (χ3n) is 7.92. The molecule has 2 aliphatic carbocycles. The molecule has 2 aliphatic rings. The Morgan fingerprint density at radius 1 is 1.15 bits per heavy atom. The first kappa shape index (κ1) is 22.7. The molecule has 2 bridgehead atoms. The number of carbonyl (C=O) groups excluding carboxylic acids is 1. The molecule has 7 nitrogen and oxygen atoms in total. The van der Waals surface area contributed by atoms with Crippen LogP contribution < -0.4 is 5.43 Å². The van der Waals surface area contributed by atoms with E-state index in [2.05, 4.69) is 10.5 Å². The lowest BCUT2D eigenvalue weighted by molar-refractivity contribution is 0.0955. The minimum Gasteiger partial charge on any atom is -0.286 e. The number of hydrogen-bond donors (Lipinski definition) is 2. The van der Waals surface area contributed by atoms with Crippen molar-refractivity contribution >= 4 is 32.6 Å². The topological polar surface area (TPSA) is 109 Å². The van der Waals surface area contributed by atoms with E-state index in [-0.39, 0.29) is 23.0 Å². The summed E-state index contributed by atoms with van der Waals surface area (Å²) >= 11 is 0. The molecule has 0 spiro atoms. The van der Waals surface area contributed by atoms with Crippen LogP contribution in [0.25, 0.3) is 22.2 Å². The van der Waals surface area contributed by atoms with Gasteiger partial charge in [-0.2, -0.15) is 13.5 Å². The molecule has 0 saturated heterocycles. The number of carbonyl (C=O) groups is 1. The van der Waals surface area contributed by atoms with Gasteiger partial charge in [0.1, 0.15) is 0 Å². The van der Waals surface area contributed by atoms with Crippen LogP contribution in [0.2, 0.25) is 0 Å². The summed E-state index contributed by atoms with van der Waals surface area (Å²) in [7, 11) is -4.21. The Labute approximate surface area is 199 Å². The number of pyridine rings is 1. The van der Waals surface area contributed by atoms with Gasteiger partial charge in [0.2, 0.25) is 0 Å². The summed E-state index contributed by atoms with van der Waals surface area (Å²) in [4.78, 5) is 18.1. The van der Waals surface area contributed by atoms with Gasteiger partial charge in [0.05, 0.1) is 22.5 Å². The number of nitrogens with one attached hydrogen (secondary N) is 1. The van der Waals surface area contributed by atoms with E-state index in [1.165, 1.54) is 0 Å². The number of amides is 1. The fraction of sp³-hybridized carbons (Fsp3) is 0.346. The molecule has 2 atom stereocenters. The molecule has 0 unspecified atom stereocenters. The number of nitrogens with zero attached hydrogens (tertiary/aromatic N) is 2. The lowest BCUT2D eigenvalue weighted by atomic mass is 9.70. The molecule has 2 N–H and O–H groups in total. The normalized spacial score (nSPS) is 24.6. The van der Waals surface area contributed by atoms with Gasteiger partial charge in [-0.1, -0.05) is 62.4 Å². The Balaban J connectivity index is 1.52. The third kappa shape index (κ3) is 3.71. The molecule has 2 saturated carbocycles. The third-order valence-corrected chi connectivity index (χ3v) is 8.77. The van der Waals surface area contributed by atoms with Gasteiger partial charge in [0.15, 0.2) is 0 Å². The van der Waals surface area contributed by atoms with Crippen molar-refractivity contribution in [2.45, 2.75) is 33.1 Å². The molecule has 1 amide bonds. The Morgan fingerprint density at radius 3 is 2.56 bits per heavy atom. The lowest BCUT2D eigenvalue weighted by Crippen LogP contribution is -2.43. The number of para-hydroxylation sites is 1. The second-order valence-corrected chi connectivity index (χ2v) is 11.4. The van der Waals surface area contributed by atoms with Crippen molar-refractivity contribution in [3.05, 3.63) is 66.2 Å². The van der Waals surface area contributed by atoms with Gasteiger partial charge in [-0.05, 0) is 42.7 Å². The number of hydrazone groups is 1. The quantitative estimate of drug-likeness (QED) is 0.409. The van der Waals surface area contributed by atoms with E-state index in [0.717, 1.165) is 12.0 Å². The highest BCUT2D eigenvalue weighted by Gasteiger charge is 2.64. The van der Waals surface area contributed by atoms with Crippen LogP contribution in [-0.4, -0.2) is 35.3 Å². The van der Waals surface area contributed by atoms with Crippen molar-refractivity contribution in [2.24, 2.45) is 21.8 Å². The monoisotopic (exact) mass is 477 g/mol. The van der Waals surface area contributed by atoms with E-state index in [9.17, 15) is 17.8 Å². The zero-order chi connectivity index (χ0) is 24.1. The number of fused-ring (bicyclic) bond motifs is 3. The molecule has 1 heterocycles. The molecule has 1 aromatic heterocycles. The minimum atomic E-state index is -4.21. The van der Waals surface area contributed by atoms with Gasteiger partial charge >= 0.3 is 0 Å². The molecule has 5 rings (SSSR count). The van der Waals surface area contributed by atoms with Gasteiger partial charge in [-0.15, -0.1) is 0 Å². The molecule has 8 heteroatoms. The zero-order valence-corrected chi connectivity index (χ0v) is 20.0. The van der Waals surface area contributed by atoms with Crippen molar-refractivity contribution in [1.82, 2.24) is 10.4 Å². The fourth-order valence-electron chi connectivity index (χ4n) is 5.90.